The van der Waals surface area contributed by atoms with Crippen molar-refractivity contribution in [3.63, 3.8) is 0 Å². The molecular weight excluding hydrogens is 566 g/mol. The minimum atomic E-state index is -0.770. The highest BCUT2D eigenvalue weighted by molar-refractivity contribution is 6.06. The SMILES string of the molecule is CC(=O)N1CCN(C(=O)Nc2ccc3c(c2)c(C(N)=O)nn3CC(=O)N2[C@@H]3CC[C@@H](C3)[C@H]2C(=O)Nc2cccc(C)n2)CC1. The molecule has 3 atom stereocenters. The zero-order valence-corrected chi connectivity index (χ0v) is 24.7. The van der Waals surface area contributed by atoms with Gasteiger partial charge in [-0.05, 0) is 62.4 Å². The molecule has 1 aliphatic carbocycles. The lowest BCUT2D eigenvalue weighted by Crippen LogP contribution is -2.52. The Morgan fingerprint density at radius 1 is 0.977 bits per heavy atom. The molecule has 2 bridgehead atoms. The molecule has 14 heteroatoms. The molecule has 44 heavy (non-hydrogen) atoms. The molecule has 2 aliphatic heterocycles. The number of aromatic nitrogens is 3. The van der Waals surface area contributed by atoms with Crippen LogP contribution in [0.4, 0.5) is 16.3 Å². The smallest absolute Gasteiger partial charge is 0.321 e. The molecule has 0 radical (unpaired) electrons. The number of nitrogens with zero attached hydrogens (tertiary/aromatic N) is 6. The van der Waals surface area contributed by atoms with Crippen LogP contribution >= 0.6 is 0 Å². The number of rotatable bonds is 6. The molecule has 14 nitrogen and oxygen atoms in total. The predicted octanol–water partition coefficient (Wildman–Crippen LogP) is 1.55. The Hall–Kier alpha value is -5.01. The summed E-state index contributed by atoms with van der Waals surface area (Å²) in [7, 11) is 0. The van der Waals surface area contributed by atoms with Crippen LogP contribution in [-0.2, 0) is 20.9 Å². The molecule has 2 aromatic heterocycles. The van der Waals surface area contributed by atoms with Gasteiger partial charge in [0.1, 0.15) is 18.4 Å². The summed E-state index contributed by atoms with van der Waals surface area (Å²) < 4.78 is 1.42. The summed E-state index contributed by atoms with van der Waals surface area (Å²) in [6, 6.07) is 9.32. The van der Waals surface area contributed by atoms with Gasteiger partial charge < -0.3 is 31.1 Å². The number of piperazine rings is 1. The number of carbonyl (C=O) groups is 5. The van der Waals surface area contributed by atoms with Gasteiger partial charge in [0.25, 0.3) is 5.91 Å². The summed E-state index contributed by atoms with van der Waals surface area (Å²) >= 11 is 0. The lowest BCUT2D eigenvalue weighted by Gasteiger charge is -2.34. The Kier molecular flexibility index (Phi) is 7.66. The number of nitrogens with one attached hydrogen (secondary N) is 2. The highest BCUT2D eigenvalue weighted by atomic mass is 16.2. The van der Waals surface area contributed by atoms with Crippen molar-refractivity contribution in [3.8, 4) is 0 Å². The molecule has 3 aliphatic rings. The fourth-order valence-corrected chi connectivity index (χ4v) is 6.69. The van der Waals surface area contributed by atoms with E-state index in [2.05, 4.69) is 20.7 Å². The van der Waals surface area contributed by atoms with Crippen LogP contribution in [0.25, 0.3) is 10.9 Å². The van der Waals surface area contributed by atoms with Gasteiger partial charge in [-0.3, -0.25) is 23.9 Å². The molecule has 6 rings (SSSR count). The van der Waals surface area contributed by atoms with Crippen LogP contribution < -0.4 is 16.4 Å². The van der Waals surface area contributed by atoms with E-state index in [0.717, 1.165) is 25.0 Å². The first kappa shape index (κ1) is 29.1. The van der Waals surface area contributed by atoms with E-state index in [1.54, 1.807) is 39.0 Å². The minimum Gasteiger partial charge on any atom is -0.364 e. The molecular formula is C30H35N9O5. The van der Waals surface area contributed by atoms with Gasteiger partial charge in [0.05, 0.1) is 5.52 Å². The second-order valence-electron chi connectivity index (χ2n) is 11.7. The van der Waals surface area contributed by atoms with E-state index in [-0.39, 0.29) is 48.0 Å². The highest BCUT2D eigenvalue weighted by Gasteiger charge is 2.51. The maximum Gasteiger partial charge on any atom is 0.321 e. The number of pyridine rings is 1. The second-order valence-corrected chi connectivity index (χ2v) is 11.7. The summed E-state index contributed by atoms with van der Waals surface area (Å²) in [5.41, 5.74) is 7.33. The highest BCUT2D eigenvalue weighted by Crippen LogP contribution is 2.43. The van der Waals surface area contributed by atoms with Crippen molar-refractivity contribution in [1.82, 2.24) is 29.5 Å². The Bertz CT molecular complexity index is 1660. The Balaban J connectivity index is 1.19. The fourth-order valence-electron chi connectivity index (χ4n) is 6.69. The van der Waals surface area contributed by atoms with E-state index in [1.807, 2.05) is 19.1 Å². The Morgan fingerprint density at radius 2 is 1.73 bits per heavy atom. The van der Waals surface area contributed by atoms with Gasteiger partial charge in [-0.1, -0.05) is 6.07 Å². The Labute approximate surface area is 253 Å². The third-order valence-corrected chi connectivity index (χ3v) is 8.81. The van der Waals surface area contributed by atoms with Crippen LogP contribution in [0, 0.1) is 12.8 Å². The van der Waals surface area contributed by atoms with Gasteiger partial charge in [0.15, 0.2) is 5.69 Å². The van der Waals surface area contributed by atoms with Crippen LogP contribution in [0.5, 0.6) is 0 Å². The van der Waals surface area contributed by atoms with E-state index in [1.165, 1.54) is 11.6 Å². The van der Waals surface area contributed by atoms with Gasteiger partial charge in [-0.2, -0.15) is 5.10 Å². The molecule has 1 aromatic carbocycles. The summed E-state index contributed by atoms with van der Waals surface area (Å²) in [5, 5.41) is 10.5. The van der Waals surface area contributed by atoms with Crippen LogP contribution in [0.15, 0.2) is 36.4 Å². The molecule has 1 saturated carbocycles. The first-order chi connectivity index (χ1) is 21.1. The number of carbonyl (C=O) groups excluding carboxylic acids is 5. The van der Waals surface area contributed by atoms with Gasteiger partial charge in [0.2, 0.25) is 17.7 Å². The van der Waals surface area contributed by atoms with E-state index in [0.29, 0.717) is 48.6 Å². The third-order valence-electron chi connectivity index (χ3n) is 8.81. The number of nitrogens with two attached hydrogens (primary N) is 1. The molecule has 0 unspecified atom stereocenters. The van der Waals surface area contributed by atoms with Crippen molar-refractivity contribution in [2.75, 3.05) is 36.8 Å². The first-order valence-corrected chi connectivity index (χ1v) is 14.8. The number of hydrogen-bond acceptors (Lipinski definition) is 7. The largest absolute Gasteiger partial charge is 0.364 e. The van der Waals surface area contributed by atoms with Crippen molar-refractivity contribution in [3.05, 3.63) is 47.8 Å². The van der Waals surface area contributed by atoms with E-state index in [9.17, 15) is 24.0 Å². The van der Waals surface area contributed by atoms with Crippen molar-refractivity contribution >= 4 is 52.1 Å². The maximum absolute atomic E-state index is 13.8. The first-order valence-electron chi connectivity index (χ1n) is 14.8. The molecule has 0 spiro atoms. The van der Waals surface area contributed by atoms with E-state index >= 15 is 0 Å². The van der Waals surface area contributed by atoms with Crippen molar-refractivity contribution in [1.29, 1.82) is 0 Å². The van der Waals surface area contributed by atoms with Crippen molar-refractivity contribution < 1.29 is 24.0 Å². The molecule has 4 N–H and O–H groups in total. The zero-order chi connectivity index (χ0) is 31.1. The number of anilines is 2. The number of piperidine rings is 1. The molecule has 4 heterocycles. The molecule has 3 aromatic rings. The van der Waals surface area contributed by atoms with Crippen molar-refractivity contribution in [2.24, 2.45) is 11.7 Å². The minimum absolute atomic E-state index is 0.0262. The topological polar surface area (TPSA) is 176 Å². The number of aryl methyl sites for hydroxylation is 1. The average Bonchev–Trinajstić information content (AvgIpc) is 3.71. The summed E-state index contributed by atoms with van der Waals surface area (Å²) in [6.07, 6.45) is 2.44. The van der Waals surface area contributed by atoms with Crippen LogP contribution in [0.3, 0.4) is 0 Å². The van der Waals surface area contributed by atoms with E-state index in [4.69, 9.17) is 5.73 Å². The molecule has 3 fully saturated rings. The quantitative estimate of drug-likeness (QED) is 0.384. The summed E-state index contributed by atoms with van der Waals surface area (Å²) in [6.45, 7) is 4.87. The van der Waals surface area contributed by atoms with Crippen molar-refractivity contribution in [2.45, 2.75) is 51.7 Å². The normalized spacial score (nSPS) is 21.0. The molecule has 6 amide bonds. The fraction of sp³-hybridized carbons (Fsp3) is 0.433. The number of hydrogen-bond donors (Lipinski definition) is 3. The molecule has 2 saturated heterocycles. The molecule has 230 valence electrons. The average molecular weight is 602 g/mol. The van der Waals surface area contributed by atoms with Gasteiger partial charge in [-0.25, -0.2) is 9.78 Å². The number of fused-ring (bicyclic) bond motifs is 3. The predicted molar refractivity (Wildman–Crippen MR) is 160 cm³/mol. The number of urea groups is 1. The lowest BCUT2D eigenvalue weighted by atomic mass is 9.97. The van der Waals surface area contributed by atoms with Crippen LogP contribution in [0.2, 0.25) is 0 Å². The van der Waals surface area contributed by atoms with Gasteiger partial charge in [0, 0.05) is 55.9 Å². The van der Waals surface area contributed by atoms with Crippen LogP contribution in [-0.4, -0.2) is 97.4 Å². The summed E-state index contributed by atoms with van der Waals surface area (Å²) in [4.78, 5) is 73.3. The van der Waals surface area contributed by atoms with Gasteiger partial charge >= 0.3 is 6.03 Å². The number of primary amides is 1. The summed E-state index contributed by atoms with van der Waals surface area (Å²) in [5.74, 6) is -0.850. The monoisotopic (exact) mass is 601 g/mol. The van der Waals surface area contributed by atoms with Crippen LogP contribution in [0.1, 0.15) is 42.4 Å². The Morgan fingerprint density at radius 3 is 2.43 bits per heavy atom. The third kappa shape index (κ3) is 5.54. The number of likely N-dealkylation sites (tertiary alicyclic amines) is 1. The number of benzene rings is 1. The standard InChI is InChI=1S/C30H35N9O5/c1-17-4-3-5-24(32-17)34-29(43)27-19-6-8-21(14-19)39(27)25(41)16-38-23-9-7-20(15-22(23)26(35-38)28(31)42)33-30(44)37-12-10-36(11-13-37)18(2)40/h3-5,7,9,15,19,21,27H,6,8,10-14,16H2,1-2H3,(H2,31,42)(H,33,44)(H,32,34,43)/t19-,21+,27-/m0/s1. The lowest BCUT2D eigenvalue weighted by molar-refractivity contribution is -0.141. The van der Waals surface area contributed by atoms with E-state index < -0.39 is 11.9 Å². The number of amides is 6. The maximum atomic E-state index is 13.8. The second kappa shape index (κ2) is 11.6. The zero-order valence-electron chi connectivity index (χ0n) is 24.7. The van der Waals surface area contributed by atoms with Gasteiger partial charge in [-0.15, -0.1) is 0 Å².